The van der Waals surface area contributed by atoms with E-state index in [1.807, 2.05) is 72.3 Å². The lowest BCUT2D eigenvalue weighted by molar-refractivity contribution is 0.0991. The summed E-state index contributed by atoms with van der Waals surface area (Å²) in [6.07, 6.45) is 5.54. The Hall–Kier alpha value is -3.09. The van der Waals surface area contributed by atoms with E-state index < -0.39 is 0 Å². The van der Waals surface area contributed by atoms with Crippen LogP contribution in [-0.2, 0) is 6.54 Å². The first-order chi connectivity index (χ1) is 16.6. The number of aromatic nitrogens is 2. The number of ether oxygens (including phenoxy) is 2. The number of aryl methyl sites for hydroxylation is 1. The SMILES string of the molecule is C=CCC[C@H](O)CN(Cc1c(C)nn(-c2ccccc2)c1Oc1ccc(OC)cc1)CC1CC1. The van der Waals surface area contributed by atoms with Crippen molar-refractivity contribution in [1.82, 2.24) is 14.7 Å². The van der Waals surface area contributed by atoms with E-state index in [4.69, 9.17) is 14.6 Å². The van der Waals surface area contributed by atoms with Crippen LogP contribution in [0.1, 0.15) is 36.9 Å². The maximum Gasteiger partial charge on any atom is 0.227 e. The Morgan fingerprint density at radius 2 is 1.85 bits per heavy atom. The highest BCUT2D eigenvalue weighted by Crippen LogP contribution is 2.34. The van der Waals surface area contributed by atoms with Crippen molar-refractivity contribution >= 4 is 0 Å². The summed E-state index contributed by atoms with van der Waals surface area (Å²) in [6.45, 7) is 8.09. The summed E-state index contributed by atoms with van der Waals surface area (Å²) in [4.78, 5) is 2.35. The van der Waals surface area contributed by atoms with Gasteiger partial charge >= 0.3 is 0 Å². The highest BCUT2D eigenvalue weighted by molar-refractivity contribution is 5.44. The van der Waals surface area contributed by atoms with Crippen molar-refractivity contribution in [1.29, 1.82) is 0 Å². The minimum absolute atomic E-state index is 0.382. The van der Waals surface area contributed by atoms with Crippen molar-refractivity contribution in [2.45, 2.75) is 45.3 Å². The monoisotopic (exact) mass is 461 g/mol. The van der Waals surface area contributed by atoms with E-state index in [9.17, 15) is 5.11 Å². The van der Waals surface area contributed by atoms with Crippen LogP contribution in [0.4, 0.5) is 0 Å². The number of rotatable bonds is 13. The molecule has 0 unspecified atom stereocenters. The third-order valence-electron chi connectivity index (χ3n) is 6.18. The molecule has 1 heterocycles. The van der Waals surface area contributed by atoms with E-state index in [1.54, 1.807) is 7.11 Å². The second-order valence-electron chi connectivity index (χ2n) is 9.05. The summed E-state index contributed by atoms with van der Waals surface area (Å²) >= 11 is 0. The third-order valence-corrected chi connectivity index (χ3v) is 6.18. The summed E-state index contributed by atoms with van der Waals surface area (Å²) < 4.78 is 13.6. The molecule has 3 aromatic rings. The lowest BCUT2D eigenvalue weighted by Crippen LogP contribution is -2.34. The first kappa shape index (κ1) is 24.0. The smallest absolute Gasteiger partial charge is 0.227 e. The van der Waals surface area contributed by atoms with Gasteiger partial charge < -0.3 is 14.6 Å². The largest absolute Gasteiger partial charge is 0.497 e. The summed E-state index contributed by atoms with van der Waals surface area (Å²) in [5.41, 5.74) is 2.91. The number of benzene rings is 2. The van der Waals surface area contributed by atoms with E-state index in [0.717, 1.165) is 47.8 Å². The van der Waals surface area contributed by atoms with Crippen LogP contribution in [0.5, 0.6) is 17.4 Å². The second kappa shape index (κ2) is 11.4. The Balaban J connectivity index is 1.65. The lowest BCUT2D eigenvalue weighted by atomic mass is 10.1. The molecule has 4 rings (SSSR count). The number of aliphatic hydroxyl groups is 1. The number of nitrogens with zero attached hydrogens (tertiary/aromatic N) is 3. The molecule has 0 radical (unpaired) electrons. The zero-order chi connectivity index (χ0) is 23.9. The van der Waals surface area contributed by atoms with Gasteiger partial charge in [-0.1, -0.05) is 24.3 Å². The van der Waals surface area contributed by atoms with Gasteiger partial charge in [-0.2, -0.15) is 5.10 Å². The van der Waals surface area contributed by atoms with Gasteiger partial charge in [0.2, 0.25) is 5.88 Å². The van der Waals surface area contributed by atoms with Crippen LogP contribution < -0.4 is 9.47 Å². The minimum Gasteiger partial charge on any atom is -0.497 e. The Morgan fingerprint density at radius 1 is 1.15 bits per heavy atom. The zero-order valence-electron chi connectivity index (χ0n) is 20.2. The average Bonchev–Trinajstić information content (AvgIpc) is 3.63. The van der Waals surface area contributed by atoms with Crippen LogP contribution in [0.3, 0.4) is 0 Å². The Bertz CT molecular complexity index is 1060. The van der Waals surface area contributed by atoms with Crippen LogP contribution in [-0.4, -0.2) is 46.1 Å². The third kappa shape index (κ3) is 6.27. The summed E-state index contributed by atoms with van der Waals surface area (Å²) in [5, 5.41) is 15.5. The van der Waals surface area contributed by atoms with Gasteiger partial charge in [0.05, 0.1) is 30.2 Å². The molecule has 1 aliphatic rings. The van der Waals surface area contributed by atoms with Gasteiger partial charge in [-0.3, -0.25) is 4.90 Å². The van der Waals surface area contributed by atoms with Gasteiger partial charge in [-0.15, -0.1) is 6.58 Å². The van der Waals surface area contributed by atoms with Gasteiger partial charge in [0.25, 0.3) is 0 Å². The molecule has 180 valence electrons. The average molecular weight is 462 g/mol. The van der Waals surface area contributed by atoms with Crippen LogP contribution in [0.15, 0.2) is 67.3 Å². The molecule has 1 aromatic heterocycles. The number of para-hydroxylation sites is 1. The standard InChI is InChI=1S/C28H35N3O3/c1-4-5-11-24(32)19-30(18-22-12-13-22)20-27-21(2)29-31(23-9-7-6-8-10-23)28(27)34-26-16-14-25(33-3)15-17-26/h4,6-10,14-17,22,24,32H,1,5,11-13,18-20H2,2-3H3/t24-/m0/s1. The van der Waals surface area contributed by atoms with Crippen molar-refractivity contribution in [3.8, 4) is 23.1 Å². The number of hydrogen-bond donors (Lipinski definition) is 1. The Morgan fingerprint density at radius 3 is 2.50 bits per heavy atom. The van der Waals surface area contributed by atoms with Crippen LogP contribution in [0, 0.1) is 12.8 Å². The normalized spacial score (nSPS) is 14.2. The molecule has 1 atom stereocenters. The first-order valence-corrected chi connectivity index (χ1v) is 12.0. The van der Waals surface area contributed by atoms with Crippen molar-refractivity contribution < 1.29 is 14.6 Å². The molecule has 1 fully saturated rings. The fourth-order valence-electron chi connectivity index (χ4n) is 4.12. The maximum atomic E-state index is 10.6. The van der Waals surface area contributed by atoms with Gasteiger partial charge in [-0.05, 0) is 74.9 Å². The molecule has 1 aliphatic carbocycles. The van der Waals surface area contributed by atoms with Crippen molar-refractivity contribution in [2.75, 3.05) is 20.2 Å². The van der Waals surface area contributed by atoms with Gasteiger partial charge in [0.15, 0.2) is 0 Å². The molecule has 6 nitrogen and oxygen atoms in total. The molecule has 6 heteroatoms. The zero-order valence-corrected chi connectivity index (χ0v) is 20.2. The van der Waals surface area contributed by atoms with Crippen molar-refractivity contribution in [2.24, 2.45) is 5.92 Å². The van der Waals surface area contributed by atoms with Gasteiger partial charge in [0, 0.05) is 19.6 Å². The fraction of sp³-hybridized carbons (Fsp3) is 0.393. The number of hydrogen-bond acceptors (Lipinski definition) is 5. The molecular formula is C28H35N3O3. The minimum atomic E-state index is -0.382. The first-order valence-electron chi connectivity index (χ1n) is 12.0. The lowest BCUT2D eigenvalue weighted by Gasteiger charge is -2.25. The topological polar surface area (TPSA) is 59.8 Å². The summed E-state index contributed by atoms with van der Waals surface area (Å²) in [7, 11) is 1.65. The summed E-state index contributed by atoms with van der Waals surface area (Å²) in [6, 6.07) is 17.6. The van der Waals surface area contributed by atoms with E-state index >= 15 is 0 Å². The van der Waals surface area contributed by atoms with E-state index in [0.29, 0.717) is 24.9 Å². The molecule has 1 saturated carbocycles. The number of allylic oxidation sites excluding steroid dienone is 1. The predicted molar refractivity (Wildman–Crippen MR) is 135 cm³/mol. The van der Waals surface area contributed by atoms with Crippen molar-refractivity contribution in [3.63, 3.8) is 0 Å². The molecule has 0 amide bonds. The van der Waals surface area contributed by atoms with E-state index in [2.05, 4.69) is 11.5 Å². The molecule has 0 aliphatic heterocycles. The molecule has 1 N–H and O–H groups in total. The van der Waals surface area contributed by atoms with E-state index in [1.165, 1.54) is 12.8 Å². The van der Waals surface area contributed by atoms with Crippen molar-refractivity contribution in [3.05, 3.63) is 78.5 Å². The van der Waals surface area contributed by atoms with Crippen LogP contribution in [0.2, 0.25) is 0 Å². The number of methoxy groups -OCH3 is 1. The molecule has 0 saturated heterocycles. The molecule has 34 heavy (non-hydrogen) atoms. The van der Waals surface area contributed by atoms with Gasteiger partial charge in [0.1, 0.15) is 11.5 Å². The van der Waals surface area contributed by atoms with Crippen LogP contribution >= 0.6 is 0 Å². The Kier molecular flexibility index (Phi) is 8.03. The maximum absolute atomic E-state index is 10.6. The Labute approximate surface area is 202 Å². The molecular weight excluding hydrogens is 426 g/mol. The summed E-state index contributed by atoms with van der Waals surface area (Å²) in [5.74, 6) is 2.92. The second-order valence-corrected chi connectivity index (χ2v) is 9.05. The molecule has 0 bridgehead atoms. The number of aliphatic hydroxyl groups excluding tert-OH is 1. The predicted octanol–water partition coefficient (Wildman–Crippen LogP) is 5.52. The van der Waals surface area contributed by atoms with Gasteiger partial charge in [-0.25, -0.2) is 4.68 Å². The molecule has 2 aromatic carbocycles. The molecule has 0 spiro atoms. The highest BCUT2D eigenvalue weighted by atomic mass is 16.5. The fourth-order valence-corrected chi connectivity index (χ4v) is 4.12. The van der Waals surface area contributed by atoms with Crippen LogP contribution in [0.25, 0.3) is 5.69 Å². The van der Waals surface area contributed by atoms with E-state index in [-0.39, 0.29) is 6.10 Å². The highest BCUT2D eigenvalue weighted by Gasteiger charge is 2.28. The quantitative estimate of drug-likeness (QED) is 0.340.